The summed E-state index contributed by atoms with van der Waals surface area (Å²) >= 11 is 1.40. The largest absolute Gasteiger partial charge is 0.495 e. The predicted molar refractivity (Wildman–Crippen MR) is 126 cm³/mol. The highest BCUT2D eigenvalue weighted by atomic mass is 32.2. The molecule has 0 aliphatic heterocycles. The van der Waals surface area contributed by atoms with Gasteiger partial charge >= 0.3 is 0 Å². The maximum absolute atomic E-state index is 12.5. The molecule has 0 unspecified atom stereocenters. The monoisotopic (exact) mass is 452 g/mol. The zero-order chi connectivity index (χ0) is 22.9. The lowest BCUT2D eigenvalue weighted by Gasteiger charge is -2.11. The van der Waals surface area contributed by atoms with Gasteiger partial charge in [0, 0.05) is 16.1 Å². The first-order valence-electron chi connectivity index (χ1n) is 9.73. The summed E-state index contributed by atoms with van der Waals surface area (Å²) in [5, 5.41) is 5.69. The van der Waals surface area contributed by atoms with Gasteiger partial charge in [-0.05, 0) is 54.6 Å². The Labute approximate surface area is 191 Å². The fourth-order valence-corrected chi connectivity index (χ4v) is 3.60. The number of ether oxygens (including phenoxy) is 3. The Bertz CT molecular complexity index is 1090. The standard InChI is InChI=1S/C24H24N2O5S/c1-29-20-7-5-4-6-19(20)26-23(27)15-32-18-11-9-17(10-12-18)25-24(28)16-8-13-21(30-2)22(14-16)31-3/h4-14H,15H2,1-3H3,(H,25,28)(H,26,27). The van der Waals surface area contributed by atoms with Crippen LogP contribution in [0.1, 0.15) is 10.4 Å². The van der Waals surface area contributed by atoms with Gasteiger partial charge in [0.15, 0.2) is 11.5 Å². The minimum Gasteiger partial charge on any atom is -0.495 e. The molecule has 0 aromatic heterocycles. The number of nitrogens with one attached hydrogen (secondary N) is 2. The van der Waals surface area contributed by atoms with Gasteiger partial charge in [0.1, 0.15) is 5.75 Å². The molecule has 0 saturated heterocycles. The van der Waals surface area contributed by atoms with Gasteiger partial charge in [-0.3, -0.25) is 9.59 Å². The SMILES string of the molecule is COc1ccccc1NC(=O)CSc1ccc(NC(=O)c2ccc(OC)c(OC)c2)cc1. The number of amides is 2. The molecule has 3 aromatic rings. The van der Waals surface area contributed by atoms with Gasteiger partial charge in [0.2, 0.25) is 5.91 Å². The molecular weight excluding hydrogens is 428 g/mol. The quantitative estimate of drug-likeness (QED) is 0.458. The van der Waals surface area contributed by atoms with Crippen molar-refractivity contribution >= 4 is 35.0 Å². The van der Waals surface area contributed by atoms with Crippen molar-refractivity contribution in [2.75, 3.05) is 37.7 Å². The van der Waals surface area contributed by atoms with E-state index in [9.17, 15) is 9.59 Å². The predicted octanol–water partition coefficient (Wildman–Crippen LogP) is 4.70. The number of anilines is 2. The Kier molecular flexibility index (Phi) is 7.99. The number of carbonyl (C=O) groups is 2. The van der Waals surface area contributed by atoms with Gasteiger partial charge in [-0.15, -0.1) is 11.8 Å². The van der Waals surface area contributed by atoms with Gasteiger partial charge in [0.05, 0.1) is 32.8 Å². The maximum atomic E-state index is 12.5. The summed E-state index contributed by atoms with van der Waals surface area (Å²) in [5.41, 5.74) is 1.73. The molecule has 0 saturated carbocycles. The second-order valence-electron chi connectivity index (χ2n) is 6.59. The van der Waals surface area contributed by atoms with Gasteiger partial charge in [-0.25, -0.2) is 0 Å². The van der Waals surface area contributed by atoms with E-state index in [0.29, 0.717) is 34.2 Å². The maximum Gasteiger partial charge on any atom is 0.255 e. The summed E-state index contributed by atoms with van der Waals surface area (Å²) in [4.78, 5) is 25.7. The number of hydrogen-bond acceptors (Lipinski definition) is 6. The molecule has 8 heteroatoms. The van der Waals surface area contributed by atoms with Crippen LogP contribution in [0.5, 0.6) is 17.2 Å². The van der Waals surface area contributed by atoms with Crippen LogP contribution in [0.25, 0.3) is 0 Å². The number of carbonyl (C=O) groups excluding carboxylic acids is 2. The van der Waals surface area contributed by atoms with Crippen LogP contribution in [0, 0.1) is 0 Å². The lowest BCUT2D eigenvalue weighted by Crippen LogP contribution is -2.14. The summed E-state index contributed by atoms with van der Waals surface area (Å²) in [7, 11) is 4.62. The fourth-order valence-electron chi connectivity index (χ4n) is 2.90. The fraction of sp³-hybridized carbons (Fsp3) is 0.167. The molecule has 3 aromatic carbocycles. The van der Waals surface area contributed by atoms with E-state index in [2.05, 4.69) is 10.6 Å². The lowest BCUT2D eigenvalue weighted by atomic mass is 10.2. The first-order chi connectivity index (χ1) is 15.5. The van der Waals surface area contributed by atoms with Crippen LogP contribution in [0.15, 0.2) is 71.6 Å². The topological polar surface area (TPSA) is 85.9 Å². The molecular formula is C24H24N2O5S. The summed E-state index contributed by atoms with van der Waals surface area (Å²) in [6, 6.07) is 19.5. The van der Waals surface area contributed by atoms with Gasteiger partial charge in [0.25, 0.3) is 5.91 Å². The van der Waals surface area contributed by atoms with Crippen molar-refractivity contribution in [3.05, 3.63) is 72.3 Å². The smallest absolute Gasteiger partial charge is 0.255 e. The molecule has 0 bridgehead atoms. The Morgan fingerprint density at radius 1 is 0.781 bits per heavy atom. The van der Waals surface area contributed by atoms with Crippen LogP contribution in [0.4, 0.5) is 11.4 Å². The van der Waals surface area contributed by atoms with Crippen molar-refractivity contribution in [3.8, 4) is 17.2 Å². The average molecular weight is 453 g/mol. The van der Waals surface area contributed by atoms with Crippen molar-refractivity contribution in [2.45, 2.75) is 4.90 Å². The molecule has 3 rings (SSSR count). The third kappa shape index (κ3) is 5.95. The van der Waals surface area contributed by atoms with Crippen molar-refractivity contribution < 1.29 is 23.8 Å². The number of rotatable bonds is 9. The molecule has 0 aliphatic carbocycles. The molecule has 0 aliphatic rings. The van der Waals surface area contributed by atoms with Crippen LogP contribution in [0.3, 0.4) is 0 Å². The van der Waals surface area contributed by atoms with Gasteiger partial charge in [-0.1, -0.05) is 12.1 Å². The minimum atomic E-state index is -0.262. The van der Waals surface area contributed by atoms with Crippen LogP contribution >= 0.6 is 11.8 Å². The van der Waals surface area contributed by atoms with Crippen molar-refractivity contribution in [3.63, 3.8) is 0 Å². The second-order valence-corrected chi connectivity index (χ2v) is 7.63. The van der Waals surface area contributed by atoms with E-state index in [1.165, 1.54) is 18.9 Å². The number of thioether (sulfide) groups is 1. The summed E-state index contributed by atoms with van der Waals surface area (Å²) in [6.45, 7) is 0. The molecule has 2 N–H and O–H groups in total. The Hall–Kier alpha value is -3.65. The molecule has 166 valence electrons. The van der Waals surface area contributed by atoms with Crippen molar-refractivity contribution in [1.82, 2.24) is 0 Å². The van der Waals surface area contributed by atoms with Crippen LogP contribution in [-0.4, -0.2) is 38.9 Å². The van der Waals surface area contributed by atoms with E-state index in [4.69, 9.17) is 14.2 Å². The molecule has 0 spiro atoms. The highest BCUT2D eigenvalue weighted by Gasteiger charge is 2.12. The van der Waals surface area contributed by atoms with Gasteiger partial charge in [-0.2, -0.15) is 0 Å². The highest BCUT2D eigenvalue weighted by Crippen LogP contribution is 2.28. The van der Waals surface area contributed by atoms with Crippen LogP contribution < -0.4 is 24.8 Å². The first-order valence-corrected chi connectivity index (χ1v) is 10.7. The van der Waals surface area contributed by atoms with Gasteiger partial charge < -0.3 is 24.8 Å². The van der Waals surface area contributed by atoms with E-state index in [1.807, 2.05) is 24.3 Å². The van der Waals surface area contributed by atoms with Crippen molar-refractivity contribution in [2.24, 2.45) is 0 Å². The third-order valence-corrected chi connectivity index (χ3v) is 5.52. The molecule has 7 nitrogen and oxygen atoms in total. The summed E-state index contributed by atoms with van der Waals surface area (Å²) in [6.07, 6.45) is 0. The first kappa shape index (κ1) is 23.0. The summed E-state index contributed by atoms with van der Waals surface area (Å²) in [5.74, 6) is 1.50. The summed E-state index contributed by atoms with van der Waals surface area (Å²) < 4.78 is 15.7. The second kappa shape index (κ2) is 11.1. The van der Waals surface area contributed by atoms with Crippen LogP contribution in [0.2, 0.25) is 0 Å². The molecule has 32 heavy (non-hydrogen) atoms. The van der Waals surface area contributed by atoms with Crippen LogP contribution in [-0.2, 0) is 4.79 Å². The minimum absolute atomic E-state index is 0.134. The molecule has 0 fully saturated rings. The van der Waals surface area contributed by atoms with E-state index < -0.39 is 0 Å². The zero-order valence-corrected chi connectivity index (χ0v) is 18.8. The Morgan fingerprint density at radius 3 is 2.16 bits per heavy atom. The van der Waals surface area contributed by atoms with Crippen molar-refractivity contribution in [1.29, 1.82) is 0 Å². The Morgan fingerprint density at radius 2 is 1.47 bits per heavy atom. The van der Waals surface area contributed by atoms with E-state index >= 15 is 0 Å². The third-order valence-electron chi connectivity index (χ3n) is 4.51. The number of hydrogen-bond donors (Lipinski definition) is 2. The number of benzene rings is 3. The Balaban J connectivity index is 1.54. The molecule has 0 atom stereocenters. The van der Waals surface area contributed by atoms with E-state index in [1.54, 1.807) is 56.7 Å². The average Bonchev–Trinajstić information content (AvgIpc) is 2.83. The van der Waals surface area contributed by atoms with E-state index in [-0.39, 0.29) is 17.6 Å². The molecule has 0 radical (unpaired) electrons. The molecule has 2 amide bonds. The normalized spacial score (nSPS) is 10.2. The molecule has 0 heterocycles. The highest BCUT2D eigenvalue weighted by molar-refractivity contribution is 8.00. The lowest BCUT2D eigenvalue weighted by molar-refractivity contribution is -0.113. The number of para-hydroxylation sites is 2. The van der Waals surface area contributed by atoms with E-state index in [0.717, 1.165) is 4.90 Å². The zero-order valence-electron chi connectivity index (χ0n) is 18.0. The number of methoxy groups -OCH3 is 3.